The van der Waals surface area contributed by atoms with E-state index < -0.39 is 11.7 Å². The molecule has 1 heterocycles. The summed E-state index contributed by atoms with van der Waals surface area (Å²) in [6.45, 7) is 11.8. The minimum atomic E-state index is -0.552. The van der Waals surface area contributed by atoms with Crippen LogP contribution in [0.3, 0.4) is 0 Å². The molecule has 0 saturated carbocycles. The van der Waals surface area contributed by atoms with Crippen LogP contribution in [0.1, 0.15) is 62.5 Å². The number of alkyl carbamates (subject to hydrolysis) is 1. The maximum atomic E-state index is 12.5. The second-order valence-electron chi connectivity index (χ2n) is 9.69. The van der Waals surface area contributed by atoms with Crippen molar-refractivity contribution < 1.29 is 19.1 Å². The number of esters is 1. The van der Waals surface area contributed by atoms with Gasteiger partial charge in [0, 0.05) is 38.1 Å². The molecule has 1 amide bonds. The minimum Gasteiger partial charge on any atom is -0.465 e. The molecular weight excluding hydrogens is 418 g/mol. The molecular formula is C26H37N3O4. The molecule has 2 aromatic rings. The van der Waals surface area contributed by atoms with E-state index in [4.69, 9.17) is 9.47 Å². The van der Waals surface area contributed by atoms with Crippen LogP contribution in [0.2, 0.25) is 0 Å². The third kappa shape index (κ3) is 10.0. The van der Waals surface area contributed by atoms with Crippen molar-refractivity contribution in [3.05, 3.63) is 65.5 Å². The van der Waals surface area contributed by atoms with Crippen LogP contribution < -0.4 is 5.32 Å². The van der Waals surface area contributed by atoms with Gasteiger partial charge in [-0.15, -0.1) is 0 Å². The fraction of sp³-hybridized carbons (Fsp3) is 0.500. The normalized spacial score (nSPS) is 12.5. The highest BCUT2D eigenvalue weighted by atomic mass is 16.6. The van der Waals surface area contributed by atoms with Crippen LogP contribution >= 0.6 is 0 Å². The van der Waals surface area contributed by atoms with Gasteiger partial charge in [-0.25, -0.2) is 9.59 Å². The molecule has 180 valence electrons. The lowest BCUT2D eigenvalue weighted by atomic mass is 10.0. The predicted molar refractivity (Wildman–Crippen MR) is 129 cm³/mol. The monoisotopic (exact) mass is 455 g/mol. The Morgan fingerprint density at radius 2 is 1.73 bits per heavy atom. The summed E-state index contributed by atoms with van der Waals surface area (Å²) in [5, 5.41) is 3.06. The molecule has 7 nitrogen and oxygen atoms in total. The van der Waals surface area contributed by atoms with E-state index in [1.165, 1.54) is 7.11 Å². The molecule has 0 aliphatic heterocycles. The fourth-order valence-electron chi connectivity index (χ4n) is 3.59. The third-order valence-corrected chi connectivity index (χ3v) is 4.87. The number of hydrogen-bond donors (Lipinski definition) is 1. The van der Waals surface area contributed by atoms with Crippen molar-refractivity contribution in [2.24, 2.45) is 5.92 Å². The van der Waals surface area contributed by atoms with E-state index in [9.17, 15) is 9.59 Å². The number of methoxy groups -OCH3 is 1. The van der Waals surface area contributed by atoms with Crippen LogP contribution in [0, 0.1) is 5.92 Å². The Balaban J connectivity index is 2.19. The molecule has 33 heavy (non-hydrogen) atoms. The summed E-state index contributed by atoms with van der Waals surface area (Å²) < 4.78 is 10.3. The summed E-state index contributed by atoms with van der Waals surface area (Å²) in [6, 6.07) is 11.3. The van der Waals surface area contributed by atoms with E-state index in [1.807, 2.05) is 51.2 Å². The maximum absolute atomic E-state index is 12.5. The zero-order valence-corrected chi connectivity index (χ0v) is 20.6. The van der Waals surface area contributed by atoms with Crippen molar-refractivity contribution in [3.63, 3.8) is 0 Å². The molecule has 1 unspecified atom stereocenters. The van der Waals surface area contributed by atoms with E-state index in [-0.39, 0.29) is 12.0 Å². The second kappa shape index (κ2) is 12.3. The Labute approximate surface area is 197 Å². The average molecular weight is 456 g/mol. The summed E-state index contributed by atoms with van der Waals surface area (Å²) in [6.07, 6.45) is 4.03. The third-order valence-electron chi connectivity index (χ3n) is 4.87. The highest BCUT2D eigenvalue weighted by molar-refractivity contribution is 5.89. The van der Waals surface area contributed by atoms with E-state index >= 15 is 0 Å². The number of carbonyl (C=O) groups excluding carboxylic acids is 2. The summed E-state index contributed by atoms with van der Waals surface area (Å²) in [7, 11) is 1.37. The molecule has 0 aliphatic rings. The number of amides is 1. The standard InChI is InChI=1S/C26H37N3O4/c1-19(2)14-23(28-25(31)33-26(3,4)5)18-29(17-21-8-7-13-27-15-21)16-20-9-11-22(12-10-20)24(30)32-6/h7-13,15,19,23H,14,16-18H2,1-6H3,(H,28,31). The molecule has 1 aromatic carbocycles. The first-order valence-corrected chi connectivity index (χ1v) is 11.3. The largest absolute Gasteiger partial charge is 0.465 e. The Morgan fingerprint density at radius 3 is 2.27 bits per heavy atom. The van der Waals surface area contributed by atoms with Crippen molar-refractivity contribution in [1.82, 2.24) is 15.2 Å². The van der Waals surface area contributed by atoms with Crippen LogP contribution in [0.5, 0.6) is 0 Å². The highest BCUT2D eigenvalue weighted by Gasteiger charge is 2.22. The van der Waals surface area contributed by atoms with Crippen molar-refractivity contribution in [2.45, 2.75) is 65.8 Å². The van der Waals surface area contributed by atoms with Gasteiger partial charge in [-0.2, -0.15) is 0 Å². The van der Waals surface area contributed by atoms with Gasteiger partial charge in [-0.1, -0.05) is 32.0 Å². The number of rotatable bonds is 10. The lowest BCUT2D eigenvalue weighted by Gasteiger charge is -2.30. The van der Waals surface area contributed by atoms with E-state index in [1.54, 1.807) is 18.3 Å². The van der Waals surface area contributed by atoms with Gasteiger partial charge in [0.05, 0.1) is 12.7 Å². The average Bonchev–Trinajstić information content (AvgIpc) is 2.72. The summed E-state index contributed by atoms with van der Waals surface area (Å²) >= 11 is 0. The SMILES string of the molecule is COC(=O)c1ccc(CN(Cc2cccnc2)CC(CC(C)C)NC(=O)OC(C)(C)C)cc1. The Hall–Kier alpha value is -2.93. The van der Waals surface area contributed by atoms with Gasteiger partial charge in [0.15, 0.2) is 0 Å². The molecule has 1 atom stereocenters. The number of ether oxygens (including phenoxy) is 2. The molecule has 1 aromatic heterocycles. The molecule has 0 aliphatic carbocycles. The Morgan fingerprint density at radius 1 is 1.06 bits per heavy atom. The van der Waals surface area contributed by atoms with Crippen LogP contribution in [-0.2, 0) is 22.6 Å². The Bertz CT molecular complexity index is 877. The van der Waals surface area contributed by atoms with Gasteiger partial charge in [-0.3, -0.25) is 9.88 Å². The minimum absolute atomic E-state index is 0.0779. The van der Waals surface area contributed by atoms with Gasteiger partial charge in [-0.05, 0) is 62.4 Å². The topological polar surface area (TPSA) is 80.8 Å². The lowest BCUT2D eigenvalue weighted by Crippen LogP contribution is -2.46. The quantitative estimate of drug-likeness (QED) is 0.518. The molecule has 2 rings (SSSR count). The van der Waals surface area contributed by atoms with Crippen LogP contribution in [0.15, 0.2) is 48.8 Å². The van der Waals surface area contributed by atoms with E-state index in [0.717, 1.165) is 17.5 Å². The van der Waals surface area contributed by atoms with Gasteiger partial charge in [0.1, 0.15) is 5.60 Å². The van der Waals surface area contributed by atoms with Crippen molar-refractivity contribution in [3.8, 4) is 0 Å². The summed E-state index contributed by atoms with van der Waals surface area (Å²) in [5.74, 6) is 0.0526. The maximum Gasteiger partial charge on any atom is 0.407 e. The number of aromatic nitrogens is 1. The number of hydrogen-bond acceptors (Lipinski definition) is 6. The molecule has 0 saturated heterocycles. The first-order valence-electron chi connectivity index (χ1n) is 11.3. The van der Waals surface area contributed by atoms with E-state index in [2.05, 4.69) is 29.0 Å². The van der Waals surface area contributed by atoms with Gasteiger partial charge in [0.25, 0.3) is 0 Å². The number of carbonyl (C=O) groups is 2. The van der Waals surface area contributed by atoms with E-state index in [0.29, 0.717) is 31.1 Å². The number of pyridine rings is 1. The van der Waals surface area contributed by atoms with Gasteiger partial charge < -0.3 is 14.8 Å². The Kier molecular flexibility index (Phi) is 9.85. The molecule has 0 fully saturated rings. The molecule has 0 spiro atoms. The van der Waals surface area contributed by atoms with Crippen molar-refractivity contribution in [2.75, 3.05) is 13.7 Å². The molecule has 0 radical (unpaired) electrons. The first-order chi connectivity index (χ1) is 15.6. The summed E-state index contributed by atoms with van der Waals surface area (Å²) in [5.41, 5.74) is 2.11. The van der Waals surface area contributed by atoms with Crippen molar-refractivity contribution in [1.29, 1.82) is 0 Å². The molecule has 0 bridgehead atoms. The van der Waals surface area contributed by atoms with Crippen molar-refractivity contribution >= 4 is 12.1 Å². The molecule has 7 heteroatoms. The molecule has 1 N–H and O–H groups in total. The predicted octanol–water partition coefficient (Wildman–Crippen LogP) is 4.81. The van der Waals surface area contributed by atoms with Crippen LogP contribution in [0.4, 0.5) is 4.79 Å². The second-order valence-corrected chi connectivity index (χ2v) is 9.69. The van der Waals surface area contributed by atoms with Gasteiger partial charge >= 0.3 is 12.1 Å². The number of nitrogens with one attached hydrogen (secondary N) is 1. The highest BCUT2D eigenvalue weighted by Crippen LogP contribution is 2.15. The summed E-state index contributed by atoms with van der Waals surface area (Å²) in [4.78, 5) is 30.7. The van der Waals surface area contributed by atoms with Crippen LogP contribution in [0.25, 0.3) is 0 Å². The number of nitrogens with zero attached hydrogens (tertiary/aromatic N) is 2. The lowest BCUT2D eigenvalue weighted by molar-refractivity contribution is 0.0481. The van der Waals surface area contributed by atoms with Crippen LogP contribution in [-0.4, -0.2) is 47.2 Å². The van der Waals surface area contributed by atoms with Gasteiger partial charge in [0.2, 0.25) is 0 Å². The zero-order valence-electron chi connectivity index (χ0n) is 20.6. The zero-order chi connectivity index (χ0) is 24.4. The smallest absolute Gasteiger partial charge is 0.407 e. The first kappa shape index (κ1) is 26.3. The fourth-order valence-corrected chi connectivity index (χ4v) is 3.59. The number of benzene rings is 1.